The monoisotopic (exact) mass is 328 g/mol. The zero-order valence-corrected chi connectivity index (χ0v) is 11.2. The number of anilines is 1. The standard InChI is InChI=1S/C13H8F4N4O2/c14-9-6-7(13(15,16)17)3-4-8(9)11(22)20-12(23)19-10-2-1-5-18-21-10/h1-6H,(H2,19,20,21,22,23). The number of benzene rings is 1. The highest BCUT2D eigenvalue weighted by Crippen LogP contribution is 2.30. The number of aromatic nitrogens is 2. The summed E-state index contributed by atoms with van der Waals surface area (Å²) in [7, 11) is 0. The molecule has 0 aliphatic rings. The molecule has 1 aromatic carbocycles. The number of alkyl halides is 3. The fourth-order valence-electron chi connectivity index (χ4n) is 1.56. The van der Waals surface area contributed by atoms with E-state index in [0.29, 0.717) is 12.1 Å². The Morgan fingerprint density at radius 1 is 1.13 bits per heavy atom. The molecule has 0 saturated heterocycles. The Bertz CT molecular complexity index is 734. The second-order valence-electron chi connectivity index (χ2n) is 4.21. The molecule has 0 aliphatic carbocycles. The summed E-state index contributed by atoms with van der Waals surface area (Å²) in [6.07, 6.45) is -3.38. The van der Waals surface area contributed by atoms with E-state index in [1.54, 1.807) is 5.32 Å². The number of carbonyl (C=O) groups excluding carboxylic acids is 2. The largest absolute Gasteiger partial charge is 0.416 e. The molecule has 1 heterocycles. The number of hydrogen-bond donors (Lipinski definition) is 2. The van der Waals surface area contributed by atoms with Gasteiger partial charge in [0.15, 0.2) is 5.82 Å². The smallest absolute Gasteiger partial charge is 0.290 e. The number of carbonyl (C=O) groups is 2. The molecule has 120 valence electrons. The maximum Gasteiger partial charge on any atom is 0.416 e. The molecule has 0 saturated carbocycles. The minimum Gasteiger partial charge on any atom is -0.290 e. The van der Waals surface area contributed by atoms with Gasteiger partial charge >= 0.3 is 12.2 Å². The maximum absolute atomic E-state index is 13.6. The molecule has 0 atom stereocenters. The lowest BCUT2D eigenvalue weighted by atomic mass is 10.1. The molecule has 2 rings (SSSR count). The number of hydrogen-bond acceptors (Lipinski definition) is 4. The van der Waals surface area contributed by atoms with Gasteiger partial charge in [0.25, 0.3) is 5.91 Å². The first-order valence-corrected chi connectivity index (χ1v) is 6.04. The average Bonchev–Trinajstić information content (AvgIpc) is 2.46. The Morgan fingerprint density at radius 2 is 1.87 bits per heavy atom. The van der Waals surface area contributed by atoms with Crippen LogP contribution in [0, 0.1) is 5.82 Å². The van der Waals surface area contributed by atoms with Crippen LogP contribution in [0.3, 0.4) is 0 Å². The van der Waals surface area contributed by atoms with Crippen molar-refractivity contribution in [3.63, 3.8) is 0 Å². The van der Waals surface area contributed by atoms with Crippen LogP contribution in [-0.2, 0) is 6.18 Å². The number of amides is 3. The van der Waals surface area contributed by atoms with Crippen LogP contribution in [0.5, 0.6) is 0 Å². The highest BCUT2D eigenvalue weighted by atomic mass is 19.4. The zero-order valence-electron chi connectivity index (χ0n) is 11.2. The SMILES string of the molecule is O=C(NC(=O)c1ccc(C(F)(F)F)cc1F)Nc1cccnn1. The number of halogens is 4. The van der Waals surface area contributed by atoms with Gasteiger partial charge in [0.05, 0.1) is 11.1 Å². The number of rotatable bonds is 2. The molecular weight excluding hydrogens is 320 g/mol. The Kier molecular flexibility index (Phi) is 4.53. The van der Waals surface area contributed by atoms with E-state index in [1.165, 1.54) is 18.3 Å². The fraction of sp³-hybridized carbons (Fsp3) is 0.0769. The normalized spacial score (nSPS) is 11.0. The van der Waals surface area contributed by atoms with Gasteiger partial charge in [-0.15, -0.1) is 5.10 Å². The lowest BCUT2D eigenvalue weighted by molar-refractivity contribution is -0.137. The molecule has 0 bridgehead atoms. The second kappa shape index (κ2) is 6.38. The number of urea groups is 1. The Morgan fingerprint density at radius 3 is 2.43 bits per heavy atom. The Hall–Kier alpha value is -3.04. The highest BCUT2D eigenvalue weighted by Gasteiger charge is 2.31. The van der Waals surface area contributed by atoms with Gasteiger partial charge in [-0.1, -0.05) is 0 Å². The number of nitrogens with one attached hydrogen (secondary N) is 2. The molecule has 6 nitrogen and oxygen atoms in total. The maximum atomic E-state index is 13.6. The summed E-state index contributed by atoms with van der Waals surface area (Å²) >= 11 is 0. The van der Waals surface area contributed by atoms with Gasteiger partial charge in [-0.2, -0.15) is 18.3 Å². The zero-order chi connectivity index (χ0) is 17.0. The molecule has 0 spiro atoms. The van der Waals surface area contributed by atoms with Gasteiger partial charge < -0.3 is 0 Å². The molecule has 0 aliphatic heterocycles. The molecule has 23 heavy (non-hydrogen) atoms. The lowest BCUT2D eigenvalue weighted by Crippen LogP contribution is -2.35. The molecule has 10 heteroatoms. The van der Waals surface area contributed by atoms with Crippen LogP contribution in [0.4, 0.5) is 28.2 Å². The first-order valence-electron chi connectivity index (χ1n) is 6.04. The molecule has 2 N–H and O–H groups in total. The highest BCUT2D eigenvalue weighted by molar-refractivity contribution is 6.07. The summed E-state index contributed by atoms with van der Waals surface area (Å²) in [4.78, 5) is 23.2. The Balaban J connectivity index is 2.07. The van der Waals surface area contributed by atoms with Gasteiger partial charge in [0, 0.05) is 6.20 Å². The van der Waals surface area contributed by atoms with Crippen molar-refractivity contribution in [3.05, 3.63) is 53.5 Å². The predicted molar refractivity (Wildman–Crippen MR) is 69.9 cm³/mol. The summed E-state index contributed by atoms with van der Waals surface area (Å²) in [5.74, 6) is -2.56. The molecule has 2 aromatic rings. The van der Waals surface area contributed by atoms with Gasteiger partial charge in [-0.3, -0.25) is 15.4 Å². The van der Waals surface area contributed by atoms with Crippen LogP contribution in [0.2, 0.25) is 0 Å². The van der Waals surface area contributed by atoms with E-state index in [9.17, 15) is 27.2 Å². The van der Waals surface area contributed by atoms with Gasteiger partial charge in [-0.05, 0) is 30.3 Å². The van der Waals surface area contributed by atoms with Crippen molar-refractivity contribution in [1.82, 2.24) is 15.5 Å². The molecule has 0 radical (unpaired) electrons. The molecule has 1 aromatic heterocycles. The van der Waals surface area contributed by atoms with Crippen LogP contribution in [0.25, 0.3) is 0 Å². The quantitative estimate of drug-likeness (QED) is 0.830. The first kappa shape index (κ1) is 16.3. The summed E-state index contributed by atoms with van der Waals surface area (Å²) < 4.78 is 50.8. The van der Waals surface area contributed by atoms with Crippen LogP contribution >= 0.6 is 0 Å². The van der Waals surface area contributed by atoms with Crippen molar-refractivity contribution in [2.24, 2.45) is 0 Å². The van der Waals surface area contributed by atoms with E-state index in [2.05, 4.69) is 15.5 Å². The summed E-state index contributed by atoms with van der Waals surface area (Å²) in [6, 6.07) is 3.18. The summed E-state index contributed by atoms with van der Waals surface area (Å²) in [5.41, 5.74) is -1.94. The molecule has 0 fully saturated rings. The minimum absolute atomic E-state index is 0.0330. The van der Waals surface area contributed by atoms with Crippen molar-refractivity contribution in [2.75, 3.05) is 5.32 Å². The van der Waals surface area contributed by atoms with Crippen molar-refractivity contribution >= 4 is 17.8 Å². The van der Waals surface area contributed by atoms with Crippen molar-refractivity contribution < 1.29 is 27.2 Å². The molecular formula is C13H8F4N4O2. The third-order valence-corrected chi connectivity index (χ3v) is 2.58. The topological polar surface area (TPSA) is 84.0 Å². The van der Waals surface area contributed by atoms with Crippen LogP contribution in [-0.4, -0.2) is 22.1 Å². The van der Waals surface area contributed by atoms with Crippen molar-refractivity contribution in [1.29, 1.82) is 0 Å². The van der Waals surface area contributed by atoms with E-state index in [-0.39, 0.29) is 11.9 Å². The Labute approximate surface area is 126 Å². The van der Waals surface area contributed by atoms with E-state index in [1.807, 2.05) is 0 Å². The van der Waals surface area contributed by atoms with Gasteiger partial charge in [-0.25, -0.2) is 9.18 Å². The van der Waals surface area contributed by atoms with E-state index in [4.69, 9.17) is 0 Å². The third kappa shape index (κ3) is 4.22. The summed E-state index contributed by atoms with van der Waals surface area (Å²) in [5, 5.41) is 10.9. The molecule has 0 unspecified atom stereocenters. The number of imide groups is 1. The lowest BCUT2D eigenvalue weighted by Gasteiger charge is -2.09. The number of nitrogens with zero attached hydrogens (tertiary/aromatic N) is 2. The average molecular weight is 328 g/mol. The van der Waals surface area contributed by atoms with E-state index in [0.717, 1.165) is 0 Å². The van der Waals surface area contributed by atoms with E-state index >= 15 is 0 Å². The molecule has 3 amide bonds. The predicted octanol–water partition coefficient (Wildman–Crippen LogP) is 2.60. The summed E-state index contributed by atoms with van der Waals surface area (Å²) in [6.45, 7) is 0. The first-order chi connectivity index (χ1) is 10.8. The van der Waals surface area contributed by atoms with Crippen LogP contribution < -0.4 is 10.6 Å². The van der Waals surface area contributed by atoms with E-state index < -0.39 is 35.1 Å². The minimum atomic E-state index is -4.74. The van der Waals surface area contributed by atoms with Gasteiger partial charge in [0.2, 0.25) is 0 Å². The second-order valence-corrected chi connectivity index (χ2v) is 4.21. The van der Waals surface area contributed by atoms with Gasteiger partial charge in [0.1, 0.15) is 5.82 Å². The van der Waals surface area contributed by atoms with Crippen molar-refractivity contribution in [2.45, 2.75) is 6.18 Å². The fourth-order valence-corrected chi connectivity index (χ4v) is 1.56. The van der Waals surface area contributed by atoms with Crippen LogP contribution in [0.15, 0.2) is 36.5 Å². The third-order valence-electron chi connectivity index (χ3n) is 2.58. The van der Waals surface area contributed by atoms with Crippen LogP contribution in [0.1, 0.15) is 15.9 Å². The van der Waals surface area contributed by atoms with Crippen molar-refractivity contribution in [3.8, 4) is 0 Å².